The molecule has 2 aromatic rings. The van der Waals surface area contributed by atoms with Crippen LogP contribution < -0.4 is 10.0 Å². The topological polar surface area (TPSA) is 88.4 Å². The third-order valence-corrected chi connectivity index (χ3v) is 4.58. The van der Waals surface area contributed by atoms with Gasteiger partial charge in [-0.3, -0.25) is 4.79 Å². The molecule has 0 spiro atoms. The number of hydrogen-bond acceptors (Lipinski definition) is 4. The predicted octanol–water partition coefficient (Wildman–Crippen LogP) is 1.57. The average Bonchev–Trinajstić information content (AvgIpc) is 2.97. The molecule has 1 aromatic carbocycles. The molecular weight excluding hydrogens is 304 g/mol. The van der Waals surface area contributed by atoms with Gasteiger partial charge in [0.15, 0.2) is 0 Å². The zero-order valence-electron chi connectivity index (χ0n) is 12.4. The molecule has 22 heavy (non-hydrogen) atoms. The van der Waals surface area contributed by atoms with Gasteiger partial charge in [-0.2, -0.15) is 4.72 Å². The van der Waals surface area contributed by atoms with Crippen LogP contribution >= 0.6 is 0 Å². The Labute approximate surface area is 129 Å². The Balaban J connectivity index is 1.98. The highest BCUT2D eigenvalue weighted by Gasteiger charge is 2.22. The Morgan fingerprint density at radius 3 is 2.68 bits per heavy atom. The summed E-state index contributed by atoms with van der Waals surface area (Å²) < 4.78 is 31.9. The van der Waals surface area contributed by atoms with Crippen LogP contribution in [-0.4, -0.2) is 20.4 Å². The molecular formula is C15H18N2O4S. The maximum absolute atomic E-state index is 12.2. The van der Waals surface area contributed by atoms with Gasteiger partial charge in [0, 0.05) is 0 Å². The summed E-state index contributed by atoms with van der Waals surface area (Å²) in [6.45, 7) is 3.51. The van der Waals surface area contributed by atoms with E-state index in [2.05, 4.69) is 10.0 Å². The third kappa shape index (κ3) is 4.19. The van der Waals surface area contributed by atoms with Crippen LogP contribution in [0.3, 0.4) is 0 Å². The first-order valence-corrected chi connectivity index (χ1v) is 8.26. The largest absolute Gasteiger partial charge is 0.467 e. The van der Waals surface area contributed by atoms with E-state index in [4.69, 9.17) is 4.42 Å². The van der Waals surface area contributed by atoms with Gasteiger partial charge in [-0.25, -0.2) is 8.42 Å². The van der Waals surface area contributed by atoms with Crippen molar-refractivity contribution in [2.24, 2.45) is 0 Å². The first kappa shape index (κ1) is 16.3. The highest BCUT2D eigenvalue weighted by Crippen LogP contribution is 2.11. The number of rotatable bonds is 6. The molecule has 0 bridgehead atoms. The predicted molar refractivity (Wildman–Crippen MR) is 81.5 cm³/mol. The molecule has 0 unspecified atom stereocenters. The lowest BCUT2D eigenvalue weighted by molar-refractivity contribution is -0.122. The number of benzene rings is 1. The molecule has 0 saturated heterocycles. The Kier molecular flexibility index (Phi) is 4.99. The lowest BCUT2D eigenvalue weighted by Gasteiger charge is -2.14. The van der Waals surface area contributed by atoms with Crippen molar-refractivity contribution >= 4 is 15.9 Å². The highest BCUT2D eigenvalue weighted by atomic mass is 32.2. The summed E-state index contributed by atoms with van der Waals surface area (Å²) in [4.78, 5) is 12.1. The molecule has 0 saturated carbocycles. The molecule has 2 N–H and O–H groups in total. The lowest BCUT2D eigenvalue weighted by Crippen LogP contribution is -2.44. The van der Waals surface area contributed by atoms with Crippen LogP contribution in [0.1, 0.15) is 18.2 Å². The molecule has 1 atom stereocenters. The number of sulfonamides is 1. The van der Waals surface area contributed by atoms with Crippen LogP contribution in [0.2, 0.25) is 0 Å². The van der Waals surface area contributed by atoms with Gasteiger partial charge < -0.3 is 9.73 Å². The number of amides is 1. The second kappa shape index (κ2) is 6.76. The van der Waals surface area contributed by atoms with E-state index in [0.29, 0.717) is 5.76 Å². The Hall–Kier alpha value is -2.12. The zero-order chi connectivity index (χ0) is 16.2. The van der Waals surface area contributed by atoms with Crippen LogP contribution in [0.5, 0.6) is 0 Å². The summed E-state index contributed by atoms with van der Waals surface area (Å²) in [6.07, 6.45) is 1.51. The van der Waals surface area contributed by atoms with E-state index in [-0.39, 0.29) is 11.4 Å². The van der Waals surface area contributed by atoms with Gasteiger partial charge >= 0.3 is 0 Å². The fourth-order valence-corrected chi connectivity index (χ4v) is 3.18. The van der Waals surface area contributed by atoms with Gasteiger partial charge in [0.05, 0.1) is 23.7 Å². The van der Waals surface area contributed by atoms with E-state index < -0.39 is 22.0 Å². The second-order valence-corrected chi connectivity index (χ2v) is 6.67. The SMILES string of the molecule is Cc1cccc(S(=O)(=O)N[C@@H](C)C(=O)NCc2ccco2)c1. The average molecular weight is 322 g/mol. The number of aryl methyl sites for hydroxylation is 1. The summed E-state index contributed by atoms with van der Waals surface area (Å²) in [7, 11) is -3.73. The molecule has 1 aromatic heterocycles. The fourth-order valence-electron chi connectivity index (χ4n) is 1.88. The van der Waals surface area contributed by atoms with Crippen LogP contribution in [-0.2, 0) is 21.4 Å². The molecule has 0 fully saturated rings. The minimum absolute atomic E-state index is 0.137. The smallest absolute Gasteiger partial charge is 0.241 e. The van der Waals surface area contributed by atoms with Crippen molar-refractivity contribution in [1.29, 1.82) is 0 Å². The van der Waals surface area contributed by atoms with Crippen LogP contribution in [0, 0.1) is 6.92 Å². The number of carbonyl (C=O) groups excluding carboxylic acids is 1. The van der Waals surface area contributed by atoms with E-state index in [9.17, 15) is 13.2 Å². The summed E-state index contributed by atoms with van der Waals surface area (Å²) in [5.41, 5.74) is 0.831. The number of carbonyl (C=O) groups is 1. The minimum Gasteiger partial charge on any atom is -0.467 e. The second-order valence-electron chi connectivity index (χ2n) is 4.96. The Morgan fingerprint density at radius 2 is 2.05 bits per heavy atom. The van der Waals surface area contributed by atoms with E-state index >= 15 is 0 Å². The van der Waals surface area contributed by atoms with Crippen molar-refractivity contribution in [1.82, 2.24) is 10.0 Å². The van der Waals surface area contributed by atoms with Gasteiger partial charge in [0.2, 0.25) is 15.9 Å². The first-order chi connectivity index (χ1) is 10.4. The van der Waals surface area contributed by atoms with E-state index in [1.54, 1.807) is 37.3 Å². The molecule has 1 amide bonds. The molecule has 0 aliphatic rings. The van der Waals surface area contributed by atoms with Gasteiger partial charge in [-0.15, -0.1) is 0 Å². The lowest BCUT2D eigenvalue weighted by atomic mass is 10.2. The summed E-state index contributed by atoms with van der Waals surface area (Å²) >= 11 is 0. The standard InChI is InChI=1S/C15H18N2O4S/c1-11-5-3-7-14(9-11)22(19,20)17-12(2)15(18)16-10-13-6-4-8-21-13/h3-9,12,17H,10H2,1-2H3,(H,16,18)/t12-/m0/s1. The maximum atomic E-state index is 12.2. The van der Waals surface area contributed by atoms with Crippen LogP contribution in [0.15, 0.2) is 52.0 Å². The van der Waals surface area contributed by atoms with Gasteiger partial charge in [0.1, 0.15) is 5.76 Å². The van der Waals surface area contributed by atoms with E-state index in [1.165, 1.54) is 19.3 Å². The molecule has 1 heterocycles. The number of furan rings is 1. The molecule has 0 radical (unpaired) electrons. The fraction of sp³-hybridized carbons (Fsp3) is 0.267. The van der Waals surface area contributed by atoms with Crippen molar-refractivity contribution in [2.45, 2.75) is 31.3 Å². The molecule has 6 nitrogen and oxygen atoms in total. The Bertz CT molecular complexity index is 739. The van der Waals surface area contributed by atoms with Crippen LogP contribution in [0.25, 0.3) is 0 Å². The third-order valence-electron chi connectivity index (χ3n) is 3.04. The van der Waals surface area contributed by atoms with Crippen molar-refractivity contribution in [3.8, 4) is 0 Å². The maximum Gasteiger partial charge on any atom is 0.241 e. The first-order valence-electron chi connectivity index (χ1n) is 6.77. The monoisotopic (exact) mass is 322 g/mol. The molecule has 0 aliphatic carbocycles. The van der Waals surface area contributed by atoms with Crippen molar-refractivity contribution < 1.29 is 17.6 Å². The Morgan fingerprint density at radius 1 is 1.27 bits per heavy atom. The molecule has 2 rings (SSSR count). The van der Waals surface area contributed by atoms with Crippen molar-refractivity contribution in [3.05, 3.63) is 54.0 Å². The van der Waals surface area contributed by atoms with Gasteiger partial charge in [-0.1, -0.05) is 12.1 Å². The minimum atomic E-state index is -3.73. The van der Waals surface area contributed by atoms with Crippen molar-refractivity contribution in [2.75, 3.05) is 0 Å². The number of nitrogens with one attached hydrogen (secondary N) is 2. The van der Waals surface area contributed by atoms with E-state index in [1.807, 2.05) is 0 Å². The summed E-state index contributed by atoms with van der Waals surface area (Å²) in [5.74, 6) is 0.176. The highest BCUT2D eigenvalue weighted by molar-refractivity contribution is 7.89. The summed E-state index contributed by atoms with van der Waals surface area (Å²) in [6, 6.07) is 9.05. The van der Waals surface area contributed by atoms with Crippen molar-refractivity contribution in [3.63, 3.8) is 0 Å². The quantitative estimate of drug-likeness (QED) is 0.845. The van der Waals surface area contributed by atoms with Crippen LogP contribution in [0.4, 0.5) is 0 Å². The normalized spacial score (nSPS) is 12.8. The van der Waals surface area contributed by atoms with Gasteiger partial charge in [0.25, 0.3) is 0 Å². The van der Waals surface area contributed by atoms with Gasteiger partial charge in [-0.05, 0) is 43.7 Å². The zero-order valence-corrected chi connectivity index (χ0v) is 13.2. The van der Waals surface area contributed by atoms with E-state index in [0.717, 1.165) is 5.56 Å². The summed E-state index contributed by atoms with van der Waals surface area (Å²) in [5, 5.41) is 2.61. The molecule has 118 valence electrons. The molecule has 7 heteroatoms. The molecule has 0 aliphatic heterocycles. The number of hydrogen-bond donors (Lipinski definition) is 2.